The molecule has 0 aliphatic rings. The molecule has 0 radical (unpaired) electrons. The van der Waals surface area contributed by atoms with E-state index in [0.29, 0.717) is 0 Å². The Morgan fingerprint density at radius 3 is 1.77 bits per heavy atom. The highest BCUT2D eigenvalue weighted by Gasteiger charge is 2.22. The normalized spacial score (nSPS) is 9.00. The van der Waals surface area contributed by atoms with Gasteiger partial charge in [-0.1, -0.05) is 7.43 Å². The first-order valence-corrected chi connectivity index (χ1v) is 4.15. The van der Waals surface area contributed by atoms with Gasteiger partial charge in [-0.25, -0.2) is 0 Å². The molecule has 5 nitrogen and oxygen atoms in total. The Labute approximate surface area is 80.3 Å². The maximum absolute atomic E-state index is 10.2. The lowest BCUT2D eigenvalue weighted by molar-refractivity contribution is -0.140. The minimum Gasteiger partial charge on any atom is -0.481 e. The molecule has 13 heavy (non-hydrogen) atoms. The van der Waals surface area contributed by atoms with Gasteiger partial charge in [0.15, 0.2) is 0 Å². The summed E-state index contributed by atoms with van der Waals surface area (Å²) in [4.78, 5) is 20.3. The fourth-order valence-corrected chi connectivity index (χ4v) is 1.21. The third-order valence-electron chi connectivity index (χ3n) is 1.23. The molecule has 0 aromatic rings. The van der Waals surface area contributed by atoms with E-state index < -0.39 is 17.9 Å². The monoisotopic (exact) mass is 209 g/mol. The minimum atomic E-state index is -1.07. The summed E-state index contributed by atoms with van der Waals surface area (Å²) in [7, 11) is 0. The highest BCUT2D eigenvalue weighted by molar-refractivity contribution is 7.65. The van der Waals surface area contributed by atoms with Gasteiger partial charge >= 0.3 is 23.6 Å². The van der Waals surface area contributed by atoms with E-state index in [1.807, 2.05) is 0 Å². The van der Waals surface area contributed by atoms with Crippen LogP contribution in [0.3, 0.4) is 0 Å². The van der Waals surface area contributed by atoms with Crippen LogP contribution in [0.25, 0.3) is 0 Å². The molecule has 0 aromatic heterocycles. The van der Waals surface area contributed by atoms with Crippen LogP contribution in [0.2, 0.25) is 0 Å². The minimum absolute atomic E-state index is 0. The quantitative estimate of drug-likeness (QED) is 0.625. The van der Waals surface area contributed by atoms with Crippen LogP contribution in [0.15, 0.2) is 0 Å². The number of aliphatic carboxylic acids is 2. The van der Waals surface area contributed by atoms with Crippen molar-refractivity contribution in [2.24, 2.45) is 5.92 Å². The molecule has 0 rings (SSSR count). The average molecular weight is 209 g/mol. The van der Waals surface area contributed by atoms with Crippen molar-refractivity contribution in [3.63, 3.8) is 0 Å². The molecule has 0 aliphatic heterocycles. The zero-order valence-electron chi connectivity index (χ0n) is 6.23. The van der Waals surface area contributed by atoms with Gasteiger partial charge in [-0.15, -0.1) is 0 Å². The standard InChI is InChI=1S/C6H8O5S.CH4/c7-5(8)1-4(3-12-11)2-6(9)10;/h4H,1-3H2,(H-,7,8,9,10);1H4/p+1. The van der Waals surface area contributed by atoms with Gasteiger partial charge in [-0.05, 0) is 0 Å². The number of hydrogen-bond donors (Lipinski definition) is 2. The Morgan fingerprint density at radius 2 is 1.54 bits per heavy atom. The van der Waals surface area contributed by atoms with E-state index in [2.05, 4.69) is 0 Å². The van der Waals surface area contributed by atoms with E-state index >= 15 is 0 Å². The molecule has 0 fully saturated rings. The van der Waals surface area contributed by atoms with Crippen molar-refractivity contribution in [2.45, 2.75) is 20.3 Å². The molecule has 2 N–H and O–H groups in total. The molecule has 0 heterocycles. The zero-order chi connectivity index (χ0) is 9.56. The van der Waals surface area contributed by atoms with E-state index in [9.17, 15) is 13.8 Å². The van der Waals surface area contributed by atoms with Crippen molar-refractivity contribution in [1.82, 2.24) is 0 Å². The van der Waals surface area contributed by atoms with Crippen LogP contribution in [-0.4, -0.2) is 27.9 Å². The molecular weight excluding hydrogens is 196 g/mol. The molecule has 0 saturated carbocycles. The van der Waals surface area contributed by atoms with E-state index in [0.717, 1.165) is 0 Å². The van der Waals surface area contributed by atoms with Crippen LogP contribution in [-0.2, 0) is 25.5 Å². The average Bonchev–Trinajstić information content (AvgIpc) is 1.84. The van der Waals surface area contributed by atoms with Gasteiger partial charge in [0.05, 0.1) is 12.8 Å². The Balaban J connectivity index is 0. The third kappa shape index (κ3) is 8.87. The largest absolute Gasteiger partial charge is 0.481 e. The second kappa shape index (κ2) is 7.60. The fraction of sp³-hybridized carbons (Fsp3) is 0.714. The summed E-state index contributed by atoms with van der Waals surface area (Å²) in [5.74, 6) is -2.69. The van der Waals surface area contributed by atoms with Crippen molar-refractivity contribution in [2.75, 3.05) is 5.75 Å². The lowest BCUT2D eigenvalue weighted by Crippen LogP contribution is -2.15. The maximum Gasteiger partial charge on any atom is 0.458 e. The van der Waals surface area contributed by atoms with E-state index in [1.54, 1.807) is 0 Å². The highest BCUT2D eigenvalue weighted by atomic mass is 32.1. The number of carboxylic acids is 2. The summed E-state index contributed by atoms with van der Waals surface area (Å²) in [6.45, 7) is 0. The molecule has 0 amide bonds. The molecule has 0 spiro atoms. The van der Waals surface area contributed by atoms with Gasteiger partial charge < -0.3 is 10.2 Å². The number of carbonyl (C=O) groups is 2. The van der Waals surface area contributed by atoms with Gasteiger partial charge in [0.2, 0.25) is 5.75 Å². The van der Waals surface area contributed by atoms with E-state index in [1.165, 1.54) is 0 Å². The molecule has 6 heteroatoms. The predicted molar refractivity (Wildman–Crippen MR) is 47.6 cm³/mol. The van der Waals surface area contributed by atoms with Gasteiger partial charge in [-0.3, -0.25) is 9.59 Å². The van der Waals surface area contributed by atoms with Crippen molar-refractivity contribution in [1.29, 1.82) is 0 Å². The first kappa shape index (κ1) is 14.5. The smallest absolute Gasteiger partial charge is 0.458 e. The van der Waals surface area contributed by atoms with Crippen molar-refractivity contribution < 1.29 is 24.0 Å². The Kier molecular flexibility index (Phi) is 8.47. The Bertz CT molecular complexity index is 175. The number of carboxylic acid groups (broad SMARTS) is 2. The molecular formula is C7H13O5S+. The van der Waals surface area contributed by atoms with E-state index in [-0.39, 0.29) is 37.7 Å². The SMILES string of the molecule is C.O=[S+]CC(CC(=O)O)CC(=O)O. The number of rotatable bonds is 6. The summed E-state index contributed by atoms with van der Waals surface area (Å²) in [6.07, 6.45) is -0.525. The summed E-state index contributed by atoms with van der Waals surface area (Å²) < 4.78 is 10.0. The van der Waals surface area contributed by atoms with E-state index in [4.69, 9.17) is 10.2 Å². The summed E-state index contributed by atoms with van der Waals surface area (Å²) in [5.41, 5.74) is 0. The van der Waals surface area contributed by atoms with Gasteiger partial charge in [0.1, 0.15) is 0 Å². The first-order valence-electron chi connectivity index (χ1n) is 3.24. The van der Waals surface area contributed by atoms with Crippen molar-refractivity contribution in [3.8, 4) is 0 Å². The van der Waals surface area contributed by atoms with Crippen LogP contribution < -0.4 is 0 Å². The van der Waals surface area contributed by atoms with Crippen LogP contribution in [0, 0.1) is 5.92 Å². The second-order valence-corrected chi connectivity index (χ2v) is 2.92. The zero-order valence-corrected chi connectivity index (χ0v) is 7.04. The number of hydrogen-bond acceptors (Lipinski definition) is 3. The van der Waals surface area contributed by atoms with Crippen LogP contribution in [0.1, 0.15) is 20.3 Å². The van der Waals surface area contributed by atoms with Crippen LogP contribution in [0.4, 0.5) is 0 Å². The third-order valence-corrected chi connectivity index (χ3v) is 1.84. The Hall–Kier alpha value is -1.04. The molecule has 0 bridgehead atoms. The maximum atomic E-state index is 10.2. The van der Waals surface area contributed by atoms with Crippen molar-refractivity contribution in [3.05, 3.63) is 0 Å². The Morgan fingerprint density at radius 1 is 1.15 bits per heavy atom. The lowest BCUT2D eigenvalue weighted by Gasteiger charge is -2.01. The summed E-state index contributed by atoms with van der Waals surface area (Å²) in [6, 6.07) is 0. The van der Waals surface area contributed by atoms with Crippen LogP contribution >= 0.6 is 0 Å². The molecule has 0 unspecified atom stereocenters. The van der Waals surface area contributed by atoms with Gasteiger partial charge in [0, 0.05) is 10.1 Å². The first-order chi connectivity index (χ1) is 5.56. The molecule has 0 saturated heterocycles. The molecule has 0 atom stereocenters. The fourth-order valence-electron chi connectivity index (χ4n) is 0.780. The predicted octanol–water partition coefficient (Wildman–Crippen LogP) is 0.616. The topological polar surface area (TPSA) is 91.7 Å². The van der Waals surface area contributed by atoms with Gasteiger partial charge in [0.25, 0.3) is 0 Å². The highest BCUT2D eigenvalue weighted by Crippen LogP contribution is 2.08. The lowest BCUT2D eigenvalue weighted by atomic mass is 10.0. The van der Waals surface area contributed by atoms with Crippen molar-refractivity contribution >= 4 is 23.6 Å². The van der Waals surface area contributed by atoms with Gasteiger partial charge in [-0.2, -0.15) is 0 Å². The molecule has 0 aromatic carbocycles. The molecule has 76 valence electrons. The second-order valence-electron chi connectivity index (χ2n) is 2.35. The van der Waals surface area contributed by atoms with Crippen LogP contribution in [0.5, 0.6) is 0 Å². The summed E-state index contributed by atoms with van der Waals surface area (Å²) >= 11 is 0.217. The summed E-state index contributed by atoms with van der Waals surface area (Å²) in [5, 5.41) is 16.6. The molecule has 0 aliphatic carbocycles.